The molecule has 1 fully saturated rings. The van der Waals surface area contributed by atoms with E-state index in [-0.39, 0.29) is 12.5 Å². The van der Waals surface area contributed by atoms with E-state index in [1.807, 2.05) is 30.3 Å². The molecule has 3 rings (SSSR count). The predicted molar refractivity (Wildman–Crippen MR) is 95.6 cm³/mol. The van der Waals surface area contributed by atoms with Crippen LogP contribution in [-0.4, -0.2) is 59.8 Å². The number of anilines is 1. The van der Waals surface area contributed by atoms with Gasteiger partial charge in [-0.05, 0) is 17.7 Å². The average Bonchev–Trinajstić information content (AvgIpc) is 2.68. The Morgan fingerprint density at radius 2 is 2.16 bits per heavy atom. The maximum Gasteiger partial charge on any atom is 0.254 e. The van der Waals surface area contributed by atoms with E-state index in [0.717, 1.165) is 5.56 Å². The van der Waals surface area contributed by atoms with Crippen molar-refractivity contribution in [3.8, 4) is 0 Å². The minimum atomic E-state index is -0.770. The molecule has 1 aliphatic heterocycles. The molecule has 0 saturated carbocycles. The second-order valence-corrected chi connectivity index (χ2v) is 6.26. The van der Waals surface area contributed by atoms with E-state index in [0.29, 0.717) is 37.5 Å². The maximum atomic E-state index is 12.9. The first kappa shape index (κ1) is 17.4. The fourth-order valence-electron chi connectivity index (χ4n) is 3.13. The van der Waals surface area contributed by atoms with E-state index in [2.05, 4.69) is 10.3 Å². The van der Waals surface area contributed by atoms with Gasteiger partial charge in [0.2, 0.25) is 0 Å². The maximum absolute atomic E-state index is 12.9. The summed E-state index contributed by atoms with van der Waals surface area (Å²) >= 11 is 0. The molecule has 0 bridgehead atoms. The van der Waals surface area contributed by atoms with E-state index in [4.69, 9.17) is 4.74 Å². The van der Waals surface area contributed by atoms with E-state index in [1.165, 1.54) is 0 Å². The number of aliphatic hydroxyl groups excluding tert-OH is 1. The highest BCUT2D eigenvalue weighted by Crippen LogP contribution is 2.24. The first-order chi connectivity index (χ1) is 12.2. The smallest absolute Gasteiger partial charge is 0.254 e. The van der Waals surface area contributed by atoms with Crippen LogP contribution in [-0.2, 0) is 11.2 Å². The van der Waals surface area contributed by atoms with Gasteiger partial charge >= 0.3 is 0 Å². The third-order valence-corrected chi connectivity index (χ3v) is 4.46. The van der Waals surface area contributed by atoms with Crippen LogP contribution in [0.15, 0.2) is 48.7 Å². The number of ether oxygens (including phenoxy) is 1. The van der Waals surface area contributed by atoms with Crippen molar-refractivity contribution >= 4 is 11.7 Å². The number of nitrogens with zero attached hydrogens (tertiary/aromatic N) is 2. The molecule has 2 heterocycles. The number of nitrogens with one attached hydrogen (secondary N) is 1. The standard InChI is InChI=1S/C19H23N3O3/c1-20-17-11-16(7-8-21-17)18(24)22-9-10-25-19(13-22,14-23)12-15-5-3-2-4-6-15/h2-8,11,23H,9-10,12-14H2,1H3,(H,20,21). The SMILES string of the molecule is CNc1cc(C(=O)N2CCOC(CO)(Cc3ccccc3)C2)ccn1. The zero-order chi connectivity index (χ0) is 17.7. The highest BCUT2D eigenvalue weighted by atomic mass is 16.5. The largest absolute Gasteiger partial charge is 0.393 e. The van der Waals surface area contributed by atoms with Crippen molar-refractivity contribution in [1.82, 2.24) is 9.88 Å². The predicted octanol–water partition coefficient (Wildman–Crippen LogP) is 1.57. The Morgan fingerprint density at radius 1 is 1.36 bits per heavy atom. The molecule has 132 valence electrons. The van der Waals surface area contributed by atoms with E-state index in [1.54, 1.807) is 30.3 Å². The lowest BCUT2D eigenvalue weighted by Crippen LogP contribution is -2.56. The van der Waals surface area contributed by atoms with Gasteiger partial charge in [0, 0.05) is 31.8 Å². The zero-order valence-electron chi connectivity index (χ0n) is 14.3. The van der Waals surface area contributed by atoms with Crippen LogP contribution in [0.1, 0.15) is 15.9 Å². The lowest BCUT2D eigenvalue weighted by Gasteiger charge is -2.42. The number of amides is 1. The van der Waals surface area contributed by atoms with E-state index in [9.17, 15) is 9.90 Å². The summed E-state index contributed by atoms with van der Waals surface area (Å²) in [7, 11) is 1.77. The van der Waals surface area contributed by atoms with Crippen LogP contribution in [0.3, 0.4) is 0 Å². The summed E-state index contributed by atoms with van der Waals surface area (Å²) in [6.45, 7) is 1.13. The van der Waals surface area contributed by atoms with Crippen LogP contribution in [0, 0.1) is 0 Å². The fraction of sp³-hybridized carbons (Fsp3) is 0.368. The first-order valence-electron chi connectivity index (χ1n) is 8.38. The van der Waals surface area contributed by atoms with Gasteiger partial charge < -0.3 is 20.1 Å². The van der Waals surface area contributed by atoms with E-state index < -0.39 is 5.60 Å². The highest BCUT2D eigenvalue weighted by molar-refractivity contribution is 5.95. The van der Waals surface area contributed by atoms with E-state index >= 15 is 0 Å². The molecule has 0 spiro atoms. The summed E-state index contributed by atoms with van der Waals surface area (Å²) in [6, 6.07) is 13.3. The minimum Gasteiger partial charge on any atom is -0.393 e. The second kappa shape index (κ2) is 7.63. The van der Waals surface area contributed by atoms with Crippen molar-refractivity contribution in [2.24, 2.45) is 0 Å². The summed E-state index contributed by atoms with van der Waals surface area (Å²) < 4.78 is 5.91. The van der Waals surface area contributed by atoms with Gasteiger partial charge in [0.25, 0.3) is 5.91 Å². The number of carbonyl (C=O) groups is 1. The Morgan fingerprint density at radius 3 is 2.88 bits per heavy atom. The molecular formula is C19H23N3O3. The van der Waals surface area contributed by atoms with Gasteiger partial charge in [0.1, 0.15) is 11.4 Å². The Balaban J connectivity index is 1.77. The van der Waals surface area contributed by atoms with Crippen molar-refractivity contribution < 1.29 is 14.6 Å². The number of hydrogen-bond acceptors (Lipinski definition) is 5. The third kappa shape index (κ3) is 3.97. The lowest BCUT2D eigenvalue weighted by atomic mass is 9.93. The van der Waals surface area contributed by atoms with Crippen molar-refractivity contribution in [2.75, 3.05) is 38.7 Å². The second-order valence-electron chi connectivity index (χ2n) is 6.26. The highest BCUT2D eigenvalue weighted by Gasteiger charge is 2.38. The minimum absolute atomic E-state index is 0.0758. The third-order valence-electron chi connectivity index (χ3n) is 4.46. The molecule has 1 unspecified atom stereocenters. The summed E-state index contributed by atoms with van der Waals surface area (Å²) in [5, 5.41) is 12.9. The molecule has 1 aromatic heterocycles. The molecule has 1 atom stereocenters. The molecule has 1 amide bonds. The van der Waals surface area contributed by atoms with Crippen LogP contribution in [0.2, 0.25) is 0 Å². The number of benzene rings is 1. The zero-order valence-corrected chi connectivity index (χ0v) is 14.3. The lowest BCUT2D eigenvalue weighted by molar-refractivity contribution is -0.123. The Hall–Kier alpha value is -2.44. The fourth-order valence-corrected chi connectivity index (χ4v) is 3.13. The molecule has 6 nitrogen and oxygen atoms in total. The molecule has 1 saturated heterocycles. The van der Waals surface area contributed by atoms with Crippen LogP contribution in [0.5, 0.6) is 0 Å². The normalized spacial score (nSPS) is 20.3. The van der Waals surface area contributed by atoms with Crippen LogP contribution in [0.4, 0.5) is 5.82 Å². The Bertz CT molecular complexity index is 723. The summed E-state index contributed by atoms with van der Waals surface area (Å²) in [5.74, 6) is 0.574. The molecule has 1 aromatic carbocycles. The van der Waals surface area contributed by atoms with Gasteiger partial charge in [-0.3, -0.25) is 4.79 Å². The van der Waals surface area contributed by atoms with Crippen molar-refractivity contribution in [2.45, 2.75) is 12.0 Å². The number of aliphatic hydroxyl groups is 1. The Labute approximate surface area is 147 Å². The monoisotopic (exact) mass is 341 g/mol. The van der Waals surface area contributed by atoms with Gasteiger partial charge in [-0.1, -0.05) is 30.3 Å². The van der Waals surface area contributed by atoms with Gasteiger partial charge in [-0.2, -0.15) is 0 Å². The Kier molecular flexibility index (Phi) is 5.31. The molecule has 1 aliphatic rings. The van der Waals surface area contributed by atoms with Crippen molar-refractivity contribution in [3.63, 3.8) is 0 Å². The molecule has 6 heteroatoms. The molecular weight excluding hydrogens is 318 g/mol. The molecule has 25 heavy (non-hydrogen) atoms. The van der Waals surface area contributed by atoms with Crippen LogP contribution in [0.25, 0.3) is 0 Å². The average molecular weight is 341 g/mol. The van der Waals surface area contributed by atoms with Crippen molar-refractivity contribution in [1.29, 1.82) is 0 Å². The van der Waals surface area contributed by atoms with Gasteiger partial charge in [0.05, 0.1) is 19.8 Å². The topological polar surface area (TPSA) is 74.7 Å². The molecule has 2 aromatic rings. The van der Waals surface area contributed by atoms with Gasteiger partial charge in [-0.15, -0.1) is 0 Å². The molecule has 0 radical (unpaired) electrons. The van der Waals surface area contributed by atoms with Crippen LogP contribution >= 0.6 is 0 Å². The quantitative estimate of drug-likeness (QED) is 0.863. The number of hydrogen-bond donors (Lipinski definition) is 2. The number of rotatable bonds is 5. The van der Waals surface area contributed by atoms with Crippen LogP contribution < -0.4 is 5.32 Å². The van der Waals surface area contributed by atoms with Gasteiger partial charge in [0.15, 0.2) is 0 Å². The number of carbonyl (C=O) groups excluding carboxylic acids is 1. The molecule has 0 aliphatic carbocycles. The number of aromatic nitrogens is 1. The summed E-state index contributed by atoms with van der Waals surface area (Å²) in [5.41, 5.74) is 0.883. The van der Waals surface area contributed by atoms with Crippen molar-refractivity contribution in [3.05, 3.63) is 59.8 Å². The number of pyridine rings is 1. The summed E-state index contributed by atoms with van der Waals surface area (Å²) in [6.07, 6.45) is 2.18. The van der Waals surface area contributed by atoms with Gasteiger partial charge in [-0.25, -0.2) is 4.98 Å². The molecule has 2 N–H and O–H groups in total. The first-order valence-corrected chi connectivity index (χ1v) is 8.38. The summed E-state index contributed by atoms with van der Waals surface area (Å²) in [4.78, 5) is 18.7. The number of morpholine rings is 1.